The van der Waals surface area contributed by atoms with Crippen LogP contribution in [0.25, 0.3) is 10.8 Å². The fraction of sp³-hybridized carbons (Fsp3) is 0.364. The van der Waals surface area contributed by atoms with E-state index in [4.69, 9.17) is 0 Å². The minimum absolute atomic E-state index is 0.0334. The van der Waals surface area contributed by atoms with Gasteiger partial charge in [-0.3, -0.25) is 4.79 Å². The van der Waals surface area contributed by atoms with Crippen molar-refractivity contribution in [3.05, 3.63) is 53.5 Å². The Morgan fingerprint density at radius 3 is 2.75 bits per heavy atom. The molecular formula is C22H27N3O2S. The Balaban J connectivity index is 1.59. The number of amides is 1. The lowest BCUT2D eigenvalue weighted by Gasteiger charge is -2.18. The molecule has 3 aromatic rings. The summed E-state index contributed by atoms with van der Waals surface area (Å²) in [6.07, 6.45) is 2.39. The van der Waals surface area contributed by atoms with Crippen molar-refractivity contribution in [1.29, 1.82) is 0 Å². The van der Waals surface area contributed by atoms with E-state index in [1.54, 1.807) is 19.2 Å². The van der Waals surface area contributed by atoms with Crippen molar-refractivity contribution in [3.63, 3.8) is 0 Å². The van der Waals surface area contributed by atoms with Crippen LogP contribution in [0.2, 0.25) is 0 Å². The molecule has 0 saturated carbocycles. The molecular weight excluding hydrogens is 370 g/mol. The Morgan fingerprint density at radius 2 is 1.96 bits per heavy atom. The smallest absolute Gasteiger partial charge is 0.271 e. The van der Waals surface area contributed by atoms with Crippen molar-refractivity contribution in [2.75, 3.05) is 5.32 Å². The van der Waals surface area contributed by atoms with Gasteiger partial charge in [0.25, 0.3) is 5.91 Å². The molecule has 1 amide bonds. The lowest BCUT2D eigenvalue weighted by Crippen LogP contribution is -2.33. The summed E-state index contributed by atoms with van der Waals surface area (Å²) in [5, 5.41) is 20.8. The van der Waals surface area contributed by atoms with E-state index in [-0.39, 0.29) is 11.9 Å². The number of hydrogen-bond acceptors (Lipinski definition) is 5. The summed E-state index contributed by atoms with van der Waals surface area (Å²) < 4.78 is 0. The van der Waals surface area contributed by atoms with Gasteiger partial charge < -0.3 is 15.7 Å². The molecule has 3 rings (SSSR count). The molecule has 6 heteroatoms. The largest absolute Gasteiger partial charge is 0.390 e. The van der Waals surface area contributed by atoms with Crippen molar-refractivity contribution in [1.82, 2.24) is 10.3 Å². The number of aliphatic hydroxyl groups is 1. The maximum atomic E-state index is 12.4. The van der Waals surface area contributed by atoms with Crippen LogP contribution in [0.3, 0.4) is 0 Å². The van der Waals surface area contributed by atoms with Crippen LogP contribution in [0.4, 0.5) is 10.8 Å². The number of nitrogens with zero attached hydrogens (tertiary/aromatic N) is 1. The first-order valence-electron chi connectivity index (χ1n) is 9.55. The fourth-order valence-electron chi connectivity index (χ4n) is 3.10. The number of rotatable bonds is 8. The van der Waals surface area contributed by atoms with Gasteiger partial charge in [-0.05, 0) is 51.5 Å². The molecule has 1 heterocycles. The standard InChI is InChI=1S/C22H27N3O2S/c1-15(8-7-13-22(2,3)27)23-20(26)19-14-28-21(25-19)24-18-12-6-10-16-9-4-5-11-17(16)18/h4-6,9-12,14-15,27H,7-8,13H2,1-3H3,(H,23,26)(H,24,25)/t15-/m0/s1. The molecule has 0 bridgehead atoms. The van der Waals surface area contributed by atoms with Crippen LogP contribution in [0, 0.1) is 0 Å². The molecule has 0 unspecified atom stereocenters. The number of carbonyl (C=O) groups is 1. The summed E-state index contributed by atoms with van der Waals surface area (Å²) in [6.45, 7) is 5.58. The number of carbonyl (C=O) groups excluding carboxylic acids is 1. The third-order valence-electron chi connectivity index (χ3n) is 4.57. The van der Waals surface area contributed by atoms with E-state index in [0.29, 0.717) is 17.2 Å². The van der Waals surface area contributed by atoms with Crippen LogP contribution in [0.5, 0.6) is 0 Å². The van der Waals surface area contributed by atoms with Crippen molar-refractivity contribution < 1.29 is 9.90 Å². The molecule has 28 heavy (non-hydrogen) atoms. The molecule has 0 fully saturated rings. The summed E-state index contributed by atoms with van der Waals surface area (Å²) in [7, 11) is 0. The van der Waals surface area contributed by atoms with Gasteiger partial charge in [0.2, 0.25) is 0 Å². The predicted octanol–water partition coefficient (Wildman–Crippen LogP) is 5.10. The summed E-state index contributed by atoms with van der Waals surface area (Å²) in [4.78, 5) is 16.9. The molecule has 0 spiro atoms. The second-order valence-electron chi connectivity index (χ2n) is 7.77. The lowest BCUT2D eigenvalue weighted by molar-refractivity contribution is 0.0674. The molecule has 3 N–H and O–H groups in total. The van der Waals surface area contributed by atoms with E-state index in [0.717, 1.165) is 29.3 Å². The number of hydrogen-bond donors (Lipinski definition) is 3. The monoisotopic (exact) mass is 397 g/mol. The number of anilines is 2. The Kier molecular flexibility index (Phi) is 6.31. The minimum atomic E-state index is -0.666. The number of thiazole rings is 1. The van der Waals surface area contributed by atoms with Crippen LogP contribution in [0.1, 0.15) is 50.5 Å². The molecule has 0 radical (unpaired) electrons. The molecule has 1 atom stereocenters. The fourth-order valence-corrected chi connectivity index (χ4v) is 3.80. The normalized spacial score (nSPS) is 12.7. The summed E-state index contributed by atoms with van der Waals surface area (Å²) in [6, 6.07) is 14.3. The summed E-state index contributed by atoms with van der Waals surface area (Å²) >= 11 is 1.41. The van der Waals surface area contributed by atoms with Gasteiger partial charge >= 0.3 is 0 Å². The van der Waals surface area contributed by atoms with Crippen LogP contribution in [-0.2, 0) is 0 Å². The van der Waals surface area contributed by atoms with Crippen molar-refractivity contribution in [3.8, 4) is 0 Å². The zero-order chi connectivity index (χ0) is 20.1. The molecule has 0 aliphatic rings. The minimum Gasteiger partial charge on any atom is -0.390 e. The molecule has 5 nitrogen and oxygen atoms in total. The quantitative estimate of drug-likeness (QED) is 0.494. The Bertz CT molecular complexity index is 941. The Morgan fingerprint density at radius 1 is 1.21 bits per heavy atom. The van der Waals surface area contributed by atoms with E-state index in [9.17, 15) is 9.90 Å². The molecule has 1 aromatic heterocycles. The van der Waals surface area contributed by atoms with Gasteiger partial charge in [0.15, 0.2) is 5.13 Å². The Labute approximate surface area is 169 Å². The van der Waals surface area contributed by atoms with E-state index < -0.39 is 5.60 Å². The van der Waals surface area contributed by atoms with Gasteiger partial charge in [0.1, 0.15) is 5.69 Å². The SMILES string of the molecule is C[C@@H](CCCC(C)(C)O)NC(=O)c1csc(Nc2cccc3ccccc23)n1. The van der Waals surface area contributed by atoms with Crippen molar-refractivity contribution in [2.45, 2.75) is 51.7 Å². The maximum Gasteiger partial charge on any atom is 0.271 e. The number of aromatic nitrogens is 1. The van der Waals surface area contributed by atoms with Gasteiger partial charge in [-0.25, -0.2) is 4.98 Å². The van der Waals surface area contributed by atoms with E-state index >= 15 is 0 Å². The Hall–Kier alpha value is -2.44. The molecule has 0 aliphatic carbocycles. The first-order valence-corrected chi connectivity index (χ1v) is 10.4. The van der Waals surface area contributed by atoms with Crippen LogP contribution < -0.4 is 10.6 Å². The highest BCUT2D eigenvalue weighted by Crippen LogP contribution is 2.28. The summed E-state index contributed by atoms with van der Waals surface area (Å²) in [5.74, 6) is -0.169. The van der Waals surface area contributed by atoms with Crippen LogP contribution >= 0.6 is 11.3 Å². The van der Waals surface area contributed by atoms with Gasteiger partial charge in [0, 0.05) is 22.5 Å². The zero-order valence-electron chi connectivity index (χ0n) is 16.5. The molecule has 2 aromatic carbocycles. The average Bonchev–Trinajstić information content (AvgIpc) is 3.10. The average molecular weight is 398 g/mol. The van der Waals surface area contributed by atoms with Gasteiger partial charge in [-0.1, -0.05) is 36.4 Å². The molecule has 0 saturated heterocycles. The van der Waals surface area contributed by atoms with E-state index in [2.05, 4.69) is 33.8 Å². The second kappa shape index (κ2) is 8.71. The van der Waals surface area contributed by atoms with Crippen molar-refractivity contribution >= 4 is 38.8 Å². The summed E-state index contributed by atoms with van der Waals surface area (Å²) in [5.41, 5.74) is 0.724. The number of benzene rings is 2. The topological polar surface area (TPSA) is 74.2 Å². The highest BCUT2D eigenvalue weighted by atomic mass is 32.1. The highest BCUT2D eigenvalue weighted by Gasteiger charge is 2.16. The third-order valence-corrected chi connectivity index (χ3v) is 5.33. The molecule has 0 aliphatic heterocycles. The van der Waals surface area contributed by atoms with Gasteiger partial charge in [-0.15, -0.1) is 11.3 Å². The van der Waals surface area contributed by atoms with Gasteiger partial charge in [-0.2, -0.15) is 0 Å². The predicted molar refractivity (Wildman–Crippen MR) is 116 cm³/mol. The maximum absolute atomic E-state index is 12.4. The number of fused-ring (bicyclic) bond motifs is 1. The molecule has 148 valence electrons. The number of nitrogens with one attached hydrogen (secondary N) is 2. The zero-order valence-corrected chi connectivity index (χ0v) is 17.3. The third kappa shape index (κ3) is 5.53. The first-order chi connectivity index (χ1) is 13.3. The van der Waals surface area contributed by atoms with E-state index in [1.165, 1.54) is 11.3 Å². The highest BCUT2D eigenvalue weighted by molar-refractivity contribution is 7.14. The second-order valence-corrected chi connectivity index (χ2v) is 8.63. The van der Waals surface area contributed by atoms with Crippen molar-refractivity contribution in [2.24, 2.45) is 0 Å². The van der Waals surface area contributed by atoms with Crippen LogP contribution in [0.15, 0.2) is 47.8 Å². The lowest BCUT2D eigenvalue weighted by atomic mass is 10.00. The first kappa shape index (κ1) is 20.3. The van der Waals surface area contributed by atoms with E-state index in [1.807, 2.05) is 31.2 Å². The van der Waals surface area contributed by atoms with Gasteiger partial charge in [0.05, 0.1) is 5.60 Å². The van der Waals surface area contributed by atoms with Crippen LogP contribution in [-0.4, -0.2) is 27.6 Å².